The fraction of sp³-hybridized carbons (Fsp3) is 0.462. The van der Waals surface area contributed by atoms with E-state index in [9.17, 15) is 0 Å². The molecule has 0 amide bonds. The van der Waals surface area contributed by atoms with Crippen LogP contribution in [0.1, 0.15) is 37.8 Å². The molecule has 0 atom stereocenters. The second-order valence-electron chi connectivity index (χ2n) is 4.67. The van der Waals surface area contributed by atoms with Crippen LogP contribution >= 0.6 is 27.3 Å². The molecule has 2 aromatic heterocycles. The van der Waals surface area contributed by atoms with Gasteiger partial charge in [-0.25, -0.2) is 15.0 Å². The van der Waals surface area contributed by atoms with Crippen molar-refractivity contribution in [2.24, 2.45) is 0 Å². The SMILES string of the molecule is CCCNc1nc(-c2cscn2)nc(C2CC2)c1Br. The summed E-state index contributed by atoms with van der Waals surface area (Å²) in [7, 11) is 0. The lowest BCUT2D eigenvalue weighted by Crippen LogP contribution is -2.07. The van der Waals surface area contributed by atoms with Crippen molar-refractivity contribution < 1.29 is 0 Å². The van der Waals surface area contributed by atoms with Crippen molar-refractivity contribution >= 4 is 33.1 Å². The minimum Gasteiger partial charge on any atom is -0.369 e. The number of hydrogen-bond acceptors (Lipinski definition) is 5. The summed E-state index contributed by atoms with van der Waals surface area (Å²) in [4.78, 5) is 13.6. The number of nitrogens with zero attached hydrogens (tertiary/aromatic N) is 3. The summed E-state index contributed by atoms with van der Waals surface area (Å²) in [6.45, 7) is 3.06. The van der Waals surface area contributed by atoms with Crippen LogP contribution in [0, 0.1) is 0 Å². The predicted molar refractivity (Wildman–Crippen MR) is 81.6 cm³/mol. The molecular formula is C13H15BrN4S. The van der Waals surface area contributed by atoms with E-state index in [0.717, 1.165) is 40.5 Å². The van der Waals surface area contributed by atoms with E-state index in [2.05, 4.69) is 38.1 Å². The topological polar surface area (TPSA) is 50.7 Å². The molecule has 0 aromatic carbocycles. The first kappa shape index (κ1) is 13.0. The molecule has 0 bridgehead atoms. The molecule has 6 heteroatoms. The molecule has 100 valence electrons. The first-order valence-electron chi connectivity index (χ1n) is 6.49. The summed E-state index contributed by atoms with van der Waals surface area (Å²) in [6.07, 6.45) is 3.51. The Hall–Kier alpha value is -1.01. The fourth-order valence-electron chi connectivity index (χ4n) is 1.89. The van der Waals surface area contributed by atoms with Crippen LogP contribution in [-0.4, -0.2) is 21.5 Å². The van der Waals surface area contributed by atoms with Crippen LogP contribution in [-0.2, 0) is 0 Å². The summed E-state index contributed by atoms with van der Waals surface area (Å²) < 4.78 is 1.02. The highest BCUT2D eigenvalue weighted by Gasteiger charge is 2.29. The number of hydrogen-bond donors (Lipinski definition) is 1. The average molecular weight is 339 g/mol. The molecule has 1 N–H and O–H groups in total. The van der Waals surface area contributed by atoms with Crippen molar-refractivity contribution in [3.05, 3.63) is 21.1 Å². The minimum atomic E-state index is 0.580. The summed E-state index contributed by atoms with van der Waals surface area (Å²) in [5.74, 6) is 2.20. The Balaban J connectivity index is 2.02. The monoisotopic (exact) mass is 338 g/mol. The van der Waals surface area contributed by atoms with Crippen molar-refractivity contribution in [3.63, 3.8) is 0 Å². The summed E-state index contributed by atoms with van der Waals surface area (Å²) >= 11 is 5.21. The van der Waals surface area contributed by atoms with Crippen molar-refractivity contribution in [3.8, 4) is 11.5 Å². The molecule has 19 heavy (non-hydrogen) atoms. The van der Waals surface area contributed by atoms with E-state index >= 15 is 0 Å². The van der Waals surface area contributed by atoms with E-state index in [1.807, 2.05) is 10.9 Å². The van der Waals surface area contributed by atoms with Gasteiger partial charge in [0.15, 0.2) is 5.82 Å². The zero-order valence-electron chi connectivity index (χ0n) is 10.7. The van der Waals surface area contributed by atoms with Gasteiger partial charge in [0.1, 0.15) is 11.5 Å². The van der Waals surface area contributed by atoms with Crippen LogP contribution in [0.3, 0.4) is 0 Å². The molecule has 1 aliphatic carbocycles. The van der Waals surface area contributed by atoms with Gasteiger partial charge in [-0.15, -0.1) is 11.3 Å². The van der Waals surface area contributed by atoms with Crippen molar-refractivity contribution in [1.82, 2.24) is 15.0 Å². The minimum absolute atomic E-state index is 0.580. The molecule has 0 saturated heterocycles. The van der Waals surface area contributed by atoms with Crippen LogP contribution in [0.2, 0.25) is 0 Å². The van der Waals surface area contributed by atoms with Crippen LogP contribution < -0.4 is 5.32 Å². The molecule has 3 rings (SSSR count). The summed E-state index contributed by atoms with van der Waals surface area (Å²) in [5.41, 5.74) is 3.80. The highest BCUT2D eigenvalue weighted by molar-refractivity contribution is 9.10. The molecule has 0 radical (unpaired) electrons. The quantitative estimate of drug-likeness (QED) is 0.892. The second-order valence-corrected chi connectivity index (χ2v) is 6.18. The van der Waals surface area contributed by atoms with Gasteiger partial charge in [-0.2, -0.15) is 0 Å². The van der Waals surface area contributed by atoms with Gasteiger partial charge >= 0.3 is 0 Å². The molecule has 2 aromatic rings. The van der Waals surface area contributed by atoms with Crippen LogP contribution in [0.15, 0.2) is 15.4 Å². The van der Waals surface area contributed by atoms with Crippen molar-refractivity contribution in [2.75, 3.05) is 11.9 Å². The Labute approximate surface area is 124 Å². The number of thiazole rings is 1. The normalized spacial score (nSPS) is 14.6. The van der Waals surface area contributed by atoms with E-state index in [-0.39, 0.29) is 0 Å². The maximum absolute atomic E-state index is 4.69. The van der Waals surface area contributed by atoms with Gasteiger partial charge in [-0.3, -0.25) is 0 Å². The second kappa shape index (κ2) is 5.54. The summed E-state index contributed by atoms with van der Waals surface area (Å²) in [5, 5.41) is 5.36. The third-order valence-electron chi connectivity index (χ3n) is 3.04. The Morgan fingerprint density at radius 3 is 2.89 bits per heavy atom. The van der Waals surface area contributed by atoms with Gasteiger partial charge < -0.3 is 5.32 Å². The van der Waals surface area contributed by atoms with Gasteiger partial charge in [0, 0.05) is 17.8 Å². The highest BCUT2D eigenvalue weighted by Crippen LogP contribution is 2.44. The average Bonchev–Trinajstić information content (AvgIpc) is 3.11. The molecular weight excluding hydrogens is 324 g/mol. The molecule has 1 saturated carbocycles. The molecule has 0 spiro atoms. The number of rotatable bonds is 5. The Kier molecular flexibility index (Phi) is 3.79. The molecule has 4 nitrogen and oxygen atoms in total. The van der Waals surface area contributed by atoms with Crippen molar-refractivity contribution in [1.29, 1.82) is 0 Å². The number of anilines is 1. The van der Waals surface area contributed by atoms with Crippen LogP contribution in [0.4, 0.5) is 5.82 Å². The van der Waals surface area contributed by atoms with Crippen LogP contribution in [0.5, 0.6) is 0 Å². The molecule has 1 aliphatic rings. The zero-order valence-corrected chi connectivity index (χ0v) is 13.1. The third-order valence-corrected chi connectivity index (χ3v) is 4.41. The molecule has 0 aliphatic heterocycles. The van der Waals surface area contributed by atoms with Gasteiger partial charge in [-0.1, -0.05) is 6.92 Å². The van der Waals surface area contributed by atoms with Gasteiger partial charge in [0.2, 0.25) is 0 Å². The van der Waals surface area contributed by atoms with E-state index in [1.54, 1.807) is 11.3 Å². The first-order chi connectivity index (χ1) is 9.29. The Morgan fingerprint density at radius 1 is 1.42 bits per heavy atom. The standard InChI is InChI=1S/C13H15BrN4S/c1-2-5-15-13-10(14)11(8-3-4-8)17-12(18-13)9-6-19-7-16-9/h6-8H,2-5H2,1H3,(H,15,17,18). The van der Waals surface area contributed by atoms with Gasteiger partial charge in [-0.05, 0) is 35.2 Å². The number of halogens is 1. The number of aromatic nitrogens is 3. The van der Waals surface area contributed by atoms with Gasteiger partial charge in [0.05, 0.1) is 15.7 Å². The molecule has 1 fully saturated rings. The van der Waals surface area contributed by atoms with Crippen molar-refractivity contribution in [2.45, 2.75) is 32.1 Å². The maximum atomic E-state index is 4.69. The lowest BCUT2D eigenvalue weighted by atomic mass is 10.2. The first-order valence-corrected chi connectivity index (χ1v) is 8.23. The third kappa shape index (κ3) is 2.79. The van der Waals surface area contributed by atoms with E-state index in [4.69, 9.17) is 4.98 Å². The fourth-order valence-corrected chi connectivity index (χ4v) is 3.06. The Bertz CT molecular complexity index is 566. The summed E-state index contributed by atoms with van der Waals surface area (Å²) in [6, 6.07) is 0. The smallest absolute Gasteiger partial charge is 0.181 e. The van der Waals surface area contributed by atoms with Gasteiger partial charge in [0.25, 0.3) is 0 Å². The van der Waals surface area contributed by atoms with E-state index in [0.29, 0.717) is 5.92 Å². The predicted octanol–water partition coefficient (Wildman–Crippen LogP) is 4.06. The highest BCUT2D eigenvalue weighted by atomic mass is 79.9. The lowest BCUT2D eigenvalue weighted by molar-refractivity contribution is 0.938. The maximum Gasteiger partial charge on any atom is 0.181 e. The lowest BCUT2D eigenvalue weighted by Gasteiger charge is -2.11. The Morgan fingerprint density at radius 2 is 2.26 bits per heavy atom. The number of nitrogens with one attached hydrogen (secondary N) is 1. The zero-order chi connectivity index (χ0) is 13.2. The largest absolute Gasteiger partial charge is 0.369 e. The molecule has 0 unspecified atom stereocenters. The molecule has 2 heterocycles. The van der Waals surface area contributed by atoms with Crippen LogP contribution in [0.25, 0.3) is 11.5 Å². The van der Waals surface area contributed by atoms with E-state index in [1.165, 1.54) is 12.8 Å². The van der Waals surface area contributed by atoms with E-state index < -0.39 is 0 Å².